The van der Waals surface area contributed by atoms with Gasteiger partial charge in [-0.2, -0.15) is 10.5 Å². The molecule has 0 unspecified atom stereocenters. The molecular formula is C37H34Cl3N11O2. The SMILES string of the molecule is COc1ncnc2c1CN(c1ccc(Cl)cc1C#N)CC2.COc1ncnc2c1CNCC2.N#Cc1cc(Cl)ccc1N1CCc2ncnc(Cl)c2C1. The lowest BCUT2D eigenvalue weighted by molar-refractivity contribution is 0.385. The Labute approximate surface area is 322 Å². The van der Waals surface area contributed by atoms with Crippen LogP contribution in [0.2, 0.25) is 15.2 Å². The van der Waals surface area contributed by atoms with E-state index < -0.39 is 0 Å². The first-order valence-corrected chi connectivity index (χ1v) is 17.8. The summed E-state index contributed by atoms with van der Waals surface area (Å²) in [5.74, 6) is 1.30. The van der Waals surface area contributed by atoms with Gasteiger partial charge < -0.3 is 24.6 Å². The molecule has 2 aromatic carbocycles. The van der Waals surface area contributed by atoms with Crippen LogP contribution in [-0.2, 0) is 38.9 Å². The molecule has 1 N–H and O–H groups in total. The molecule has 8 rings (SSSR count). The van der Waals surface area contributed by atoms with Crippen molar-refractivity contribution in [1.29, 1.82) is 10.5 Å². The Hall–Kier alpha value is -5.31. The maximum absolute atomic E-state index is 9.28. The van der Waals surface area contributed by atoms with Crippen molar-refractivity contribution in [3.8, 4) is 23.9 Å². The highest BCUT2D eigenvalue weighted by Crippen LogP contribution is 2.32. The third-order valence-corrected chi connectivity index (χ3v) is 9.77. The minimum absolute atomic E-state index is 0.479. The molecule has 0 saturated carbocycles. The Bertz CT molecular complexity index is 2160. The zero-order chi connectivity index (χ0) is 37.3. The number of benzene rings is 2. The average Bonchev–Trinajstić information content (AvgIpc) is 3.20. The van der Waals surface area contributed by atoms with Gasteiger partial charge in [-0.25, -0.2) is 29.9 Å². The van der Waals surface area contributed by atoms with Crippen LogP contribution in [0.5, 0.6) is 11.8 Å². The number of anilines is 2. The summed E-state index contributed by atoms with van der Waals surface area (Å²) in [5, 5.41) is 23.4. The van der Waals surface area contributed by atoms with Gasteiger partial charge in [0, 0.05) is 73.2 Å². The third-order valence-electron chi connectivity index (χ3n) is 8.97. The lowest BCUT2D eigenvalue weighted by Crippen LogP contribution is -2.32. The van der Waals surface area contributed by atoms with E-state index in [0.717, 1.165) is 90.6 Å². The van der Waals surface area contributed by atoms with Crippen molar-refractivity contribution in [2.75, 3.05) is 43.7 Å². The Morgan fingerprint density at radius 1 is 0.642 bits per heavy atom. The van der Waals surface area contributed by atoms with Crippen LogP contribution in [-0.4, -0.2) is 63.8 Å². The highest BCUT2D eigenvalue weighted by Gasteiger charge is 2.24. The predicted octanol–water partition coefficient (Wildman–Crippen LogP) is 5.92. The predicted molar refractivity (Wildman–Crippen MR) is 201 cm³/mol. The number of fused-ring (bicyclic) bond motifs is 3. The van der Waals surface area contributed by atoms with Crippen LogP contribution in [0.1, 0.15) is 44.9 Å². The van der Waals surface area contributed by atoms with Gasteiger partial charge in [-0.3, -0.25) is 0 Å². The molecule has 3 aliphatic heterocycles. The summed E-state index contributed by atoms with van der Waals surface area (Å²) in [7, 11) is 3.24. The minimum Gasteiger partial charge on any atom is -0.481 e. The molecule has 270 valence electrons. The fourth-order valence-electron chi connectivity index (χ4n) is 6.38. The summed E-state index contributed by atoms with van der Waals surface area (Å²) in [6.07, 6.45) is 7.11. The van der Waals surface area contributed by atoms with Crippen molar-refractivity contribution < 1.29 is 9.47 Å². The molecule has 16 heteroatoms. The number of nitrogens with zero attached hydrogens (tertiary/aromatic N) is 10. The molecule has 53 heavy (non-hydrogen) atoms. The fourth-order valence-corrected chi connectivity index (χ4v) is 6.93. The summed E-state index contributed by atoms with van der Waals surface area (Å²) < 4.78 is 10.4. The zero-order valence-corrected chi connectivity index (χ0v) is 31.3. The highest BCUT2D eigenvalue weighted by atomic mass is 35.5. The zero-order valence-electron chi connectivity index (χ0n) is 29.0. The monoisotopic (exact) mass is 769 g/mol. The van der Waals surface area contributed by atoms with Crippen LogP contribution in [0.15, 0.2) is 55.4 Å². The van der Waals surface area contributed by atoms with E-state index in [1.54, 1.807) is 44.8 Å². The van der Waals surface area contributed by atoms with Crippen LogP contribution >= 0.6 is 34.8 Å². The number of methoxy groups -OCH3 is 2. The third kappa shape index (κ3) is 8.67. The number of halogens is 3. The maximum Gasteiger partial charge on any atom is 0.221 e. The lowest BCUT2D eigenvalue weighted by atomic mass is 10.0. The largest absolute Gasteiger partial charge is 0.481 e. The van der Waals surface area contributed by atoms with E-state index in [0.29, 0.717) is 51.2 Å². The number of hydrogen-bond donors (Lipinski definition) is 1. The molecule has 13 nitrogen and oxygen atoms in total. The maximum atomic E-state index is 9.28. The fraction of sp³-hybridized carbons (Fsp3) is 0.297. The molecule has 3 aliphatic rings. The van der Waals surface area contributed by atoms with E-state index in [4.69, 9.17) is 44.3 Å². The van der Waals surface area contributed by atoms with Crippen molar-refractivity contribution in [1.82, 2.24) is 35.2 Å². The molecule has 0 bridgehead atoms. The van der Waals surface area contributed by atoms with E-state index >= 15 is 0 Å². The molecule has 0 fully saturated rings. The van der Waals surface area contributed by atoms with E-state index in [1.165, 1.54) is 12.7 Å². The topological polar surface area (TPSA) is 162 Å². The van der Waals surface area contributed by atoms with Gasteiger partial charge in [0.25, 0.3) is 0 Å². The number of hydrogen-bond acceptors (Lipinski definition) is 13. The molecule has 3 aromatic heterocycles. The van der Waals surface area contributed by atoms with Gasteiger partial charge >= 0.3 is 0 Å². The summed E-state index contributed by atoms with van der Waals surface area (Å²) in [4.78, 5) is 29.2. The van der Waals surface area contributed by atoms with Crippen LogP contribution in [0, 0.1) is 22.7 Å². The van der Waals surface area contributed by atoms with Crippen molar-refractivity contribution in [2.24, 2.45) is 0 Å². The van der Waals surface area contributed by atoms with E-state index in [9.17, 15) is 10.5 Å². The lowest BCUT2D eigenvalue weighted by Gasteiger charge is -2.31. The summed E-state index contributed by atoms with van der Waals surface area (Å²) in [6, 6.07) is 15.1. The number of aromatic nitrogens is 6. The molecule has 0 aliphatic carbocycles. The van der Waals surface area contributed by atoms with Gasteiger partial charge in [0.1, 0.15) is 36.3 Å². The smallest absolute Gasteiger partial charge is 0.221 e. The first-order valence-electron chi connectivity index (χ1n) is 16.6. The number of nitriles is 2. The second-order valence-corrected chi connectivity index (χ2v) is 13.3. The molecule has 0 amide bonds. The normalized spacial score (nSPS) is 14.0. The highest BCUT2D eigenvalue weighted by molar-refractivity contribution is 6.31. The minimum atomic E-state index is 0.479. The van der Waals surface area contributed by atoms with Gasteiger partial charge in [-0.1, -0.05) is 34.8 Å². The number of ether oxygens (including phenoxy) is 2. The van der Waals surface area contributed by atoms with Gasteiger partial charge in [-0.15, -0.1) is 0 Å². The molecule has 0 atom stereocenters. The standard InChI is InChI=1S/C15H13ClN4O.C14H10Cl2N4.C8H11N3O/c1-21-15-12-8-20(5-4-13(12)18-9-19-15)14-3-2-11(16)6-10(14)7-17;15-10-1-2-13(9(5-10)6-17)20-4-3-12-11(7-20)14(16)19-8-18-12;1-12-8-6-4-9-3-2-7(6)10-5-11-8/h2-3,6,9H,4-5,8H2,1H3;1-2,5,8H,3-4,7H2;5,9H,2-4H2,1H3. The van der Waals surface area contributed by atoms with Crippen molar-refractivity contribution >= 4 is 46.2 Å². The molecule has 0 spiro atoms. The van der Waals surface area contributed by atoms with Crippen molar-refractivity contribution in [3.05, 3.63) is 115 Å². The number of nitrogens with one attached hydrogen (secondary N) is 1. The first-order chi connectivity index (χ1) is 25.8. The Morgan fingerprint density at radius 2 is 1.13 bits per heavy atom. The average molecular weight is 771 g/mol. The van der Waals surface area contributed by atoms with Crippen LogP contribution < -0.4 is 24.6 Å². The van der Waals surface area contributed by atoms with Crippen LogP contribution in [0.3, 0.4) is 0 Å². The summed E-state index contributed by atoms with van der Waals surface area (Å²) in [5.41, 5.74) is 8.98. The van der Waals surface area contributed by atoms with E-state index in [2.05, 4.69) is 57.2 Å². The quantitative estimate of drug-likeness (QED) is 0.215. The van der Waals surface area contributed by atoms with Gasteiger partial charge in [0.05, 0.1) is 65.9 Å². The summed E-state index contributed by atoms with van der Waals surface area (Å²) >= 11 is 18.0. The Kier molecular flexibility index (Phi) is 12.3. The molecule has 6 heterocycles. The first kappa shape index (κ1) is 37.4. The summed E-state index contributed by atoms with van der Waals surface area (Å²) in [6.45, 7) is 4.62. The van der Waals surface area contributed by atoms with Crippen LogP contribution in [0.4, 0.5) is 11.4 Å². The molecule has 0 saturated heterocycles. The Balaban J connectivity index is 0.000000141. The van der Waals surface area contributed by atoms with Crippen molar-refractivity contribution in [2.45, 2.75) is 38.9 Å². The molecule has 5 aromatic rings. The second-order valence-electron chi connectivity index (χ2n) is 12.0. The Morgan fingerprint density at radius 3 is 1.68 bits per heavy atom. The van der Waals surface area contributed by atoms with Gasteiger partial charge in [-0.05, 0) is 36.4 Å². The van der Waals surface area contributed by atoms with Crippen LogP contribution in [0.25, 0.3) is 0 Å². The van der Waals surface area contributed by atoms with Gasteiger partial charge in [0.15, 0.2) is 0 Å². The van der Waals surface area contributed by atoms with Crippen molar-refractivity contribution in [3.63, 3.8) is 0 Å². The van der Waals surface area contributed by atoms with E-state index in [1.807, 2.05) is 12.1 Å². The van der Waals surface area contributed by atoms with Gasteiger partial charge in [0.2, 0.25) is 11.8 Å². The van der Waals surface area contributed by atoms with E-state index in [-0.39, 0.29) is 0 Å². The molecule has 0 radical (unpaired) electrons. The molecular weight excluding hydrogens is 737 g/mol. The second kappa shape index (κ2) is 17.5. The number of rotatable bonds is 4.